The van der Waals surface area contributed by atoms with Gasteiger partial charge in [0.05, 0.1) is 6.04 Å². The maximum Gasteiger partial charge on any atom is 0.222 e. The van der Waals surface area contributed by atoms with Gasteiger partial charge in [0.15, 0.2) is 0 Å². The predicted octanol–water partition coefficient (Wildman–Crippen LogP) is 4.04. The number of terminal acetylenes is 1. The van der Waals surface area contributed by atoms with Gasteiger partial charge in [-0.25, -0.2) is 17.2 Å². The molecule has 0 amide bonds. The molecular formula is C27H31F2NO5S. The summed E-state index contributed by atoms with van der Waals surface area (Å²) in [5, 5.41) is 8.31. The van der Waals surface area contributed by atoms with Crippen LogP contribution in [0.5, 0.6) is 0 Å². The van der Waals surface area contributed by atoms with E-state index in [1.807, 2.05) is 0 Å². The predicted molar refractivity (Wildman–Crippen MR) is 131 cm³/mol. The second-order valence-electron chi connectivity index (χ2n) is 9.21. The lowest BCUT2D eigenvalue weighted by Crippen LogP contribution is -2.45. The number of hydrogen-bond donors (Lipinski definition) is 1. The van der Waals surface area contributed by atoms with E-state index in [2.05, 4.69) is 5.92 Å². The minimum absolute atomic E-state index is 0.0714. The van der Waals surface area contributed by atoms with E-state index in [9.17, 15) is 8.42 Å². The van der Waals surface area contributed by atoms with Crippen LogP contribution in [0.3, 0.4) is 0 Å². The van der Waals surface area contributed by atoms with Crippen LogP contribution in [0.25, 0.3) is 0 Å². The van der Waals surface area contributed by atoms with Crippen LogP contribution in [0.2, 0.25) is 0 Å². The third-order valence-electron chi connectivity index (χ3n) is 7.03. The van der Waals surface area contributed by atoms with Crippen molar-refractivity contribution in [3.05, 3.63) is 70.8 Å². The molecule has 194 valence electrons. The molecule has 9 heteroatoms. The second-order valence-corrected chi connectivity index (χ2v) is 11.3. The molecule has 36 heavy (non-hydrogen) atoms. The van der Waals surface area contributed by atoms with Crippen molar-refractivity contribution in [1.29, 1.82) is 0 Å². The summed E-state index contributed by atoms with van der Waals surface area (Å²) in [7, 11) is -3.93. The van der Waals surface area contributed by atoms with Gasteiger partial charge in [0, 0.05) is 56.9 Å². The Morgan fingerprint density at radius 2 is 1.86 bits per heavy atom. The van der Waals surface area contributed by atoms with E-state index < -0.39 is 38.6 Å². The lowest BCUT2D eigenvalue weighted by Gasteiger charge is -2.38. The maximum atomic E-state index is 15.5. The van der Waals surface area contributed by atoms with E-state index in [0.717, 1.165) is 16.4 Å². The van der Waals surface area contributed by atoms with Gasteiger partial charge in [-0.15, -0.1) is 6.42 Å². The summed E-state index contributed by atoms with van der Waals surface area (Å²) in [4.78, 5) is 0. The lowest BCUT2D eigenvalue weighted by atomic mass is 9.85. The number of aliphatic hydroxyl groups excluding tert-OH is 1. The minimum Gasteiger partial charge on any atom is -0.396 e. The quantitative estimate of drug-likeness (QED) is 0.421. The Bertz CT molecular complexity index is 1190. The Morgan fingerprint density at radius 1 is 1.14 bits per heavy atom. The highest BCUT2D eigenvalue weighted by molar-refractivity contribution is 7.89. The standard InChI is InChI=1S/C27H31F2NO5S/c1-2-22-9-10-26(20-7-4-3-5-8-20)36(32,33)30(22)19-21-17-25(29)23(18-24(21)28)27(35-14-6-13-31)11-15-34-16-12-27/h1,3-5,7-8,17-18,22,26,31H,6,9-16,19H2/t22-,26+/m0/s1. The van der Waals surface area contributed by atoms with E-state index in [0.29, 0.717) is 50.9 Å². The molecule has 2 saturated heterocycles. The Hall–Kier alpha value is -2.35. The van der Waals surface area contributed by atoms with E-state index in [1.165, 1.54) is 0 Å². The molecule has 0 aliphatic carbocycles. The first kappa shape index (κ1) is 26.7. The zero-order valence-corrected chi connectivity index (χ0v) is 20.9. The van der Waals surface area contributed by atoms with Crippen LogP contribution in [0.4, 0.5) is 8.78 Å². The van der Waals surface area contributed by atoms with Gasteiger partial charge in [-0.3, -0.25) is 0 Å². The minimum atomic E-state index is -3.93. The molecule has 0 bridgehead atoms. The van der Waals surface area contributed by atoms with Crippen LogP contribution in [0, 0.1) is 24.0 Å². The Balaban J connectivity index is 1.65. The molecule has 2 fully saturated rings. The highest BCUT2D eigenvalue weighted by Gasteiger charge is 2.43. The molecule has 0 aromatic heterocycles. The number of nitrogens with zero attached hydrogens (tertiary/aromatic N) is 1. The van der Waals surface area contributed by atoms with Crippen molar-refractivity contribution in [2.24, 2.45) is 0 Å². The fourth-order valence-corrected chi connectivity index (χ4v) is 7.17. The van der Waals surface area contributed by atoms with Crippen molar-refractivity contribution in [2.45, 2.75) is 55.5 Å². The Kier molecular flexibility index (Phi) is 8.43. The zero-order chi connectivity index (χ0) is 25.8. The molecule has 2 aliphatic rings. The van der Waals surface area contributed by atoms with E-state index in [1.54, 1.807) is 30.3 Å². The molecule has 0 saturated carbocycles. The molecular weight excluding hydrogens is 488 g/mol. The number of halogens is 2. The van der Waals surface area contributed by atoms with Gasteiger partial charge in [0.25, 0.3) is 0 Å². The van der Waals surface area contributed by atoms with Gasteiger partial charge in [0.2, 0.25) is 10.0 Å². The van der Waals surface area contributed by atoms with Crippen LogP contribution in [-0.4, -0.2) is 50.3 Å². The molecule has 1 N–H and O–H groups in total. The molecule has 2 aromatic rings. The normalized spacial score (nSPS) is 23.7. The fourth-order valence-electron chi connectivity index (χ4n) is 5.07. The van der Waals surface area contributed by atoms with E-state index in [4.69, 9.17) is 21.0 Å². The SMILES string of the molecule is C#C[C@H]1CC[C@H](c2ccccc2)S(=O)(=O)N1Cc1cc(F)c(C2(OCCCO)CCOCC2)cc1F. The average molecular weight is 520 g/mol. The molecule has 2 heterocycles. The van der Waals surface area contributed by atoms with Crippen molar-refractivity contribution in [2.75, 3.05) is 26.4 Å². The first-order valence-electron chi connectivity index (χ1n) is 12.1. The van der Waals surface area contributed by atoms with Crippen LogP contribution in [0.15, 0.2) is 42.5 Å². The van der Waals surface area contributed by atoms with Crippen LogP contribution < -0.4 is 0 Å². The topological polar surface area (TPSA) is 76.1 Å². The summed E-state index contributed by atoms with van der Waals surface area (Å²) < 4.78 is 70.5. The first-order chi connectivity index (χ1) is 17.3. The van der Waals surface area contributed by atoms with Gasteiger partial charge in [-0.1, -0.05) is 36.3 Å². The average Bonchev–Trinajstić information content (AvgIpc) is 2.88. The molecule has 4 rings (SSSR count). The summed E-state index contributed by atoms with van der Waals surface area (Å²) in [5.74, 6) is 1.11. The van der Waals surface area contributed by atoms with Crippen molar-refractivity contribution in [3.8, 4) is 12.3 Å². The van der Waals surface area contributed by atoms with Crippen molar-refractivity contribution in [3.63, 3.8) is 0 Å². The molecule has 2 aromatic carbocycles. The monoisotopic (exact) mass is 519 g/mol. The van der Waals surface area contributed by atoms with Crippen LogP contribution in [0.1, 0.15) is 54.0 Å². The number of ether oxygens (including phenoxy) is 2. The summed E-state index contributed by atoms with van der Waals surface area (Å²) in [6.45, 7) is 0.408. The molecule has 0 unspecified atom stereocenters. The van der Waals surface area contributed by atoms with E-state index in [-0.39, 0.29) is 30.9 Å². The number of rotatable bonds is 8. The van der Waals surface area contributed by atoms with Crippen LogP contribution >= 0.6 is 0 Å². The smallest absolute Gasteiger partial charge is 0.222 e. The molecule has 0 radical (unpaired) electrons. The second kappa shape index (κ2) is 11.4. The van der Waals surface area contributed by atoms with Gasteiger partial charge in [0.1, 0.15) is 22.5 Å². The van der Waals surface area contributed by atoms with Gasteiger partial charge < -0.3 is 14.6 Å². The maximum absolute atomic E-state index is 15.5. The zero-order valence-electron chi connectivity index (χ0n) is 20.0. The van der Waals surface area contributed by atoms with Gasteiger partial charge >= 0.3 is 0 Å². The fraction of sp³-hybridized carbons (Fsp3) is 0.481. The van der Waals surface area contributed by atoms with Crippen molar-refractivity contribution >= 4 is 10.0 Å². The summed E-state index contributed by atoms with van der Waals surface area (Å²) in [6, 6.07) is 10.2. The first-order valence-corrected chi connectivity index (χ1v) is 13.7. The summed E-state index contributed by atoms with van der Waals surface area (Å²) >= 11 is 0. The number of aliphatic hydroxyl groups is 1. The van der Waals surface area contributed by atoms with Crippen molar-refractivity contribution in [1.82, 2.24) is 4.31 Å². The van der Waals surface area contributed by atoms with Crippen molar-refractivity contribution < 1.29 is 31.8 Å². The third-order valence-corrected chi connectivity index (χ3v) is 9.30. The van der Waals surface area contributed by atoms with Gasteiger partial charge in [-0.05, 0) is 37.0 Å². The molecule has 2 aliphatic heterocycles. The summed E-state index contributed by atoms with van der Waals surface area (Å²) in [5.41, 5.74) is -0.455. The number of benzene rings is 2. The molecule has 0 spiro atoms. The van der Waals surface area contributed by atoms with Crippen LogP contribution in [-0.2, 0) is 31.6 Å². The number of sulfonamides is 1. The van der Waals surface area contributed by atoms with E-state index >= 15 is 8.78 Å². The third kappa shape index (κ3) is 5.34. The highest BCUT2D eigenvalue weighted by Crippen LogP contribution is 2.41. The highest BCUT2D eigenvalue weighted by atomic mass is 32.2. The largest absolute Gasteiger partial charge is 0.396 e. The lowest BCUT2D eigenvalue weighted by molar-refractivity contribution is -0.120. The molecule has 2 atom stereocenters. The number of hydrogen-bond acceptors (Lipinski definition) is 5. The Labute approximate surface area is 211 Å². The molecule has 6 nitrogen and oxygen atoms in total. The van der Waals surface area contributed by atoms with Gasteiger partial charge in [-0.2, -0.15) is 4.31 Å². The Morgan fingerprint density at radius 3 is 2.53 bits per heavy atom. The summed E-state index contributed by atoms with van der Waals surface area (Å²) in [6.07, 6.45) is 7.46.